The van der Waals surface area contributed by atoms with Crippen LogP contribution in [0.25, 0.3) is 0 Å². The maximum Gasteiger partial charge on any atom is 0.316 e. The Hall–Kier alpha value is -1.63. The number of carbonyl (C=O) groups is 1. The van der Waals surface area contributed by atoms with Gasteiger partial charge in [0.1, 0.15) is 11.1 Å². The standard InChI is InChI=1S/C11H12FNO4S/c1-2-10(11(14)15)18-6-7-3-8(12)5-9(4-7)13(16)17/h3-5,10H,2,6H2,1H3,(H,14,15). The van der Waals surface area contributed by atoms with Crippen molar-refractivity contribution in [2.45, 2.75) is 24.3 Å². The summed E-state index contributed by atoms with van der Waals surface area (Å²) in [5.74, 6) is -1.40. The normalized spacial score (nSPS) is 12.1. The minimum absolute atomic E-state index is 0.226. The highest BCUT2D eigenvalue weighted by molar-refractivity contribution is 7.99. The van der Waals surface area contributed by atoms with Gasteiger partial charge < -0.3 is 5.11 Å². The zero-order chi connectivity index (χ0) is 13.7. The predicted molar refractivity (Wildman–Crippen MR) is 66.1 cm³/mol. The molecule has 1 unspecified atom stereocenters. The van der Waals surface area contributed by atoms with Crippen LogP contribution in [0, 0.1) is 15.9 Å². The maximum atomic E-state index is 13.1. The van der Waals surface area contributed by atoms with Crippen molar-refractivity contribution in [3.63, 3.8) is 0 Å². The van der Waals surface area contributed by atoms with Crippen molar-refractivity contribution in [3.8, 4) is 0 Å². The molecule has 0 aliphatic carbocycles. The van der Waals surface area contributed by atoms with Crippen LogP contribution in [0.5, 0.6) is 0 Å². The number of nitro groups is 1. The first-order chi connectivity index (χ1) is 8.43. The molecule has 0 fully saturated rings. The largest absolute Gasteiger partial charge is 0.480 e. The molecule has 0 heterocycles. The monoisotopic (exact) mass is 273 g/mol. The van der Waals surface area contributed by atoms with E-state index in [1.165, 1.54) is 12.1 Å². The van der Waals surface area contributed by atoms with Crippen molar-refractivity contribution in [2.24, 2.45) is 0 Å². The lowest BCUT2D eigenvalue weighted by atomic mass is 10.2. The van der Waals surface area contributed by atoms with Gasteiger partial charge in [-0.05, 0) is 18.1 Å². The number of aliphatic carboxylic acids is 1. The number of thioether (sulfide) groups is 1. The molecule has 5 nitrogen and oxygen atoms in total. The Labute approximate surface area is 107 Å². The molecular weight excluding hydrogens is 261 g/mol. The second-order valence-corrected chi connectivity index (χ2v) is 4.81. The molecule has 18 heavy (non-hydrogen) atoms. The van der Waals surface area contributed by atoms with E-state index in [9.17, 15) is 19.3 Å². The Kier molecular flexibility index (Phi) is 5.08. The van der Waals surface area contributed by atoms with Gasteiger partial charge in [0, 0.05) is 11.8 Å². The van der Waals surface area contributed by atoms with Gasteiger partial charge in [-0.15, -0.1) is 11.8 Å². The van der Waals surface area contributed by atoms with E-state index < -0.39 is 22.0 Å². The number of rotatable bonds is 6. The molecule has 98 valence electrons. The highest BCUT2D eigenvalue weighted by Gasteiger charge is 2.16. The first-order valence-corrected chi connectivity index (χ1v) is 6.27. The molecule has 0 aliphatic rings. The highest BCUT2D eigenvalue weighted by atomic mass is 32.2. The fraction of sp³-hybridized carbons (Fsp3) is 0.364. The molecule has 0 radical (unpaired) electrons. The lowest BCUT2D eigenvalue weighted by Gasteiger charge is -2.09. The Bertz CT molecular complexity index is 466. The van der Waals surface area contributed by atoms with Crippen LogP contribution >= 0.6 is 11.8 Å². The summed E-state index contributed by atoms with van der Waals surface area (Å²) < 4.78 is 13.1. The molecule has 1 aromatic carbocycles. The summed E-state index contributed by atoms with van der Waals surface area (Å²) in [5, 5.41) is 18.8. The molecule has 0 bridgehead atoms. The summed E-state index contributed by atoms with van der Waals surface area (Å²) in [6.45, 7) is 1.74. The SMILES string of the molecule is CCC(SCc1cc(F)cc([N+](=O)[O-])c1)C(=O)O. The van der Waals surface area contributed by atoms with E-state index in [1.54, 1.807) is 6.92 Å². The molecule has 0 aromatic heterocycles. The van der Waals surface area contributed by atoms with Crippen molar-refractivity contribution in [1.82, 2.24) is 0 Å². The van der Waals surface area contributed by atoms with E-state index in [-0.39, 0.29) is 11.4 Å². The van der Waals surface area contributed by atoms with Gasteiger partial charge in [-0.2, -0.15) is 0 Å². The van der Waals surface area contributed by atoms with Crippen LogP contribution in [0.3, 0.4) is 0 Å². The number of carboxylic acid groups (broad SMARTS) is 1. The number of nitrogens with zero attached hydrogens (tertiary/aromatic N) is 1. The summed E-state index contributed by atoms with van der Waals surface area (Å²) in [6, 6.07) is 3.27. The Morgan fingerprint density at radius 3 is 2.72 bits per heavy atom. The van der Waals surface area contributed by atoms with Gasteiger partial charge in [0.05, 0.1) is 11.0 Å². The van der Waals surface area contributed by atoms with Gasteiger partial charge >= 0.3 is 5.97 Å². The molecule has 0 aliphatic heterocycles. The third-order valence-corrected chi connectivity index (χ3v) is 3.69. The van der Waals surface area contributed by atoms with Gasteiger partial charge in [0.25, 0.3) is 5.69 Å². The minimum atomic E-state index is -0.937. The third-order valence-electron chi connectivity index (χ3n) is 2.25. The average Bonchev–Trinajstić information content (AvgIpc) is 2.28. The summed E-state index contributed by atoms with van der Waals surface area (Å²) >= 11 is 1.12. The zero-order valence-corrected chi connectivity index (χ0v) is 10.4. The molecule has 0 spiro atoms. The zero-order valence-electron chi connectivity index (χ0n) is 9.63. The van der Waals surface area contributed by atoms with Gasteiger partial charge in [-0.25, -0.2) is 4.39 Å². The second kappa shape index (κ2) is 6.34. The van der Waals surface area contributed by atoms with Crippen LogP contribution in [0.15, 0.2) is 18.2 Å². The number of hydrogen-bond acceptors (Lipinski definition) is 4. The first-order valence-electron chi connectivity index (χ1n) is 5.22. The Morgan fingerprint density at radius 1 is 1.56 bits per heavy atom. The number of non-ortho nitro benzene ring substituents is 1. The van der Waals surface area contributed by atoms with Crippen molar-refractivity contribution < 1.29 is 19.2 Å². The van der Waals surface area contributed by atoms with Crippen LogP contribution in [0.1, 0.15) is 18.9 Å². The number of carboxylic acids is 1. The summed E-state index contributed by atoms with van der Waals surface area (Å²) in [4.78, 5) is 20.7. The van der Waals surface area contributed by atoms with Crippen molar-refractivity contribution in [1.29, 1.82) is 0 Å². The first kappa shape index (κ1) is 14.4. The Morgan fingerprint density at radius 2 is 2.22 bits per heavy atom. The quantitative estimate of drug-likeness (QED) is 0.636. The topological polar surface area (TPSA) is 80.4 Å². The van der Waals surface area contributed by atoms with E-state index >= 15 is 0 Å². The number of nitro benzene ring substituents is 1. The van der Waals surface area contributed by atoms with Crippen LogP contribution < -0.4 is 0 Å². The fourth-order valence-electron chi connectivity index (χ4n) is 1.38. The van der Waals surface area contributed by atoms with E-state index in [2.05, 4.69) is 0 Å². The molecule has 1 rings (SSSR count). The number of halogens is 1. The molecule has 1 aromatic rings. The highest BCUT2D eigenvalue weighted by Crippen LogP contribution is 2.24. The lowest BCUT2D eigenvalue weighted by Crippen LogP contribution is -2.15. The number of hydrogen-bond donors (Lipinski definition) is 1. The van der Waals surface area contributed by atoms with Crippen molar-refractivity contribution >= 4 is 23.4 Å². The van der Waals surface area contributed by atoms with Crippen molar-refractivity contribution in [3.05, 3.63) is 39.7 Å². The van der Waals surface area contributed by atoms with Gasteiger partial charge in [-0.3, -0.25) is 14.9 Å². The molecule has 1 atom stereocenters. The smallest absolute Gasteiger partial charge is 0.316 e. The summed E-state index contributed by atoms with van der Waals surface area (Å²) in [6.07, 6.45) is 0.442. The minimum Gasteiger partial charge on any atom is -0.480 e. The van der Waals surface area contributed by atoms with Crippen LogP contribution in [0.4, 0.5) is 10.1 Å². The van der Waals surface area contributed by atoms with E-state index in [0.717, 1.165) is 17.8 Å². The van der Waals surface area contributed by atoms with E-state index in [4.69, 9.17) is 5.11 Å². The molecule has 1 N–H and O–H groups in total. The van der Waals surface area contributed by atoms with Crippen LogP contribution in [0.2, 0.25) is 0 Å². The fourth-order valence-corrected chi connectivity index (χ4v) is 2.32. The van der Waals surface area contributed by atoms with E-state index in [0.29, 0.717) is 12.0 Å². The predicted octanol–water partition coefficient (Wildman–Crippen LogP) is 2.83. The molecular formula is C11H12FNO4S. The van der Waals surface area contributed by atoms with Crippen molar-refractivity contribution in [2.75, 3.05) is 0 Å². The third kappa shape index (κ3) is 3.99. The second-order valence-electron chi connectivity index (χ2n) is 3.62. The van der Waals surface area contributed by atoms with Gasteiger partial charge in [0.2, 0.25) is 0 Å². The molecule has 0 saturated carbocycles. The van der Waals surface area contributed by atoms with Gasteiger partial charge in [0.15, 0.2) is 0 Å². The summed E-state index contributed by atoms with van der Waals surface area (Å²) in [7, 11) is 0. The average molecular weight is 273 g/mol. The molecule has 7 heteroatoms. The molecule has 0 saturated heterocycles. The Balaban J connectivity index is 2.78. The summed E-state index contributed by atoms with van der Waals surface area (Å²) in [5.41, 5.74) is 0.0837. The van der Waals surface area contributed by atoms with Gasteiger partial charge in [-0.1, -0.05) is 6.92 Å². The maximum absolute atomic E-state index is 13.1. The molecule has 0 amide bonds. The lowest BCUT2D eigenvalue weighted by molar-refractivity contribution is -0.385. The van der Waals surface area contributed by atoms with E-state index in [1.807, 2.05) is 0 Å². The number of benzene rings is 1. The van der Waals surface area contributed by atoms with Crippen LogP contribution in [-0.4, -0.2) is 21.2 Å². The van der Waals surface area contributed by atoms with Crippen LogP contribution in [-0.2, 0) is 10.5 Å².